The summed E-state index contributed by atoms with van der Waals surface area (Å²) in [4.78, 5) is 27.1. The zero-order chi connectivity index (χ0) is 24.5. The molecule has 0 aliphatic carbocycles. The molecule has 176 valence electrons. The minimum absolute atomic E-state index is 0.0219. The molecule has 34 heavy (non-hydrogen) atoms. The smallest absolute Gasteiger partial charge is 0.229 e. The van der Waals surface area contributed by atoms with E-state index in [0.29, 0.717) is 18.0 Å². The second kappa shape index (κ2) is 9.34. The third-order valence-electron chi connectivity index (χ3n) is 6.09. The van der Waals surface area contributed by atoms with Gasteiger partial charge in [0.2, 0.25) is 11.8 Å². The molecule has 0 spiro atoms. The molecule has 3 aromatic rings. The van der Waals surface area contributed by atoms with Crippen molar-refractivity contribution in [3.63, 3.8) is 0 Å². The Balaban J connectivity index is 1.36. The van der Waals surface area contributed by atoms with Gasteiger partial charge in [-0.15, -0.1) is 0 Å². The lowest BCUT2D eigenvalue weighted by Crippen LogP contribution is -2.28. The lowest BCUT2D eigenvalue weighted by atomic mass is 9.87. The highest BCUT2D eigenvalue weighted by molar-refractivity contribution is 6.03. The minimum atomic E-state index is -0.384. The SMILES string of the molecule is Cc1cc(C)cc(N2C[C@@H](C(=O)Nc3ccc(Oc4ccc(C(C)(C)C)cc4)cc3)CC2=O)c1. The Bertz CT molecular complexity index is 1170. The van der Waals surface area contributed by atoms with Gasteiger partial charge in [-0.2, -0.15) is 0 Å². The van der Waals surface area contributed by atoms with E-state index in [-0.39, 0.29) is 29.6 Å². The average molecular weight is 457 g/mol. The average Bonchev–Trinajstić information content (AvgIpc) is 3.16. The second-order valence-corrected chi connectivity index (χ2v) is 10.1. The topological polar surface area (TPSA) is 58.6 Å². The van der Waals surface area contributed by atoms with Crippen molar-refractivity contribution in [2.24, 2.45) is 5.92 Å². The van der Waals surface area contributed by atoms with Crippen LogP contribution in [0, 0.1) is 19.8 Å². The van der Waals surface area contributed by atoms with Gasteiger partial charge in [0.15, 0.2) is 0 Å². The first kappa shape index (κ1) is 23.6. The number of carbonyl (C=O) groups is 2. The van der Waals surface area contributed by atoms with Crippen LogP contribution in [0.4, 0.5) is 11.4 Å². The molecule has 1 atom stereocenters. The molecule has 1 aliphatic heterocycles. The van der Waals surface area contributed by atoms with Gasteiger partial charge in [-0.05, 0) is 84.5 Å². The van der Waals surface area contributed by atoms with E-state index in [1.165, 1.54) is 5.56 Å². The number of amides is 2. The Kier molecular flexibility index (Phi) is 6.47. The highest BCUT2D eigenvalue weighted by Gasteiger charge is 2.35. The van der Waals surface area contributed by atoms with Crippen LogP contribution in [0.2, 0.25) is 0 Å². The van der Waals surface area contributed by atoms with Crippen LogP contribution >= 0.6 is 0 Å². The molecule has 0 aromatic heterocycles. The van der Waals surface area contributed by atoms with E-state index in [4.69, 9.17) is 4.74 Å². The van der Waals surface area contributed by atoms with Crippen molar-refractivity contribution in [3.8, 4) is 11.5 Å². The van der Waals surface area contributed by atoms with E-state index < -0.39 is 0 Å². The first-order chi connectivity index (χ1) is 16.1. The first-order valence-electron chi connectivity index (χ1n) is 11.7. The van der Waals surface area contributed by atoms with Crippen molar-refractivity contribution < 1.29 is 14.3 Å². The lowest BCUT2D eigenvalue weighted by molar-refractivity contribution is -0.122. The molecule has 0 unspecified atom stereocenters. The molecule has 0 saturated carbocycles. The van der Waals surface area contributed by atoms with E-state index in [1.807, 2.05) is 62.4 Å². The fourth-order valence-corrected chi connectivity index (χ4v) is 4.25. The third kappa shape index (κ3) is 5.48. The summed E-state index contributed by atoms with van der Waals surface area (Å²) >= 11 is 0. The minimum Gasteiger partial charge on any atom is -0.457 e. The monoisotopic (exact) mass is 456 g/mol. The number of aryl methyl sites for hydroxylation is 2. The van der Waals surface area contributed by atoms with Crippen LogP contribution in [-0.4, -0.2) is 18.4 Å². The number of carbonyl (C=O) groups excluding carboxylic acids is 2. The normalized spacial score (nSPS) is 16.0. The molecule has 4 rings (SSSR count). The number of hydrogen-bond acceptors (Lipinski definition) is 3. The maximum atomic E-state index is 12.8. The van der Waals surface area contributed by atoms with E-state index in [0.717, 1.165) is 22.6 Å². The lowest BCUT2D eigenvalue weighted by Gasteiger charge is -2.19. The molecule has 5 nitrogen and oxygen atoms in total. The standard InChI is InChI=1S/C29H32N2O3/c1-19-14-20(2)16-24(15-19)31-18-21(17-27(31)32)28(33)30-23-8-12-26(13-9-23)34-25-10-6-22(7-11-25)29(3,4)5/h6-16,21H,17-18H2,1-5H3,(H,30,33)/t21-/m0/s1. The highest BCUT2D eigenvalue weighted by atomic mass is 16.5. The fraction of sp³-hybridized carbons (Fsp3) is 0.310. The van der Waals surface area contributed by atoms with Crippen LogP contribution in [0.5, 0.6) is 11.5 Å². The number of anilines is 2. The zero-order valence-corrected chi connectivity index (χ0v) is 20.5. The molecular weight excluding hydrogens is 424 g/mol. The largest absolute Gasteiger partial charge is 0.457 e. The van der Waals surface area contributed by atoms with Crippen molar-refractivity contribution >= 4 is 23.2 Å². The van der Waals surface area contributed by atoms with Gasteiger partial charge >= 0.3 is 0 Å². The van der Waals surface area contributed by atoms with Crippen LogP contribution in [0.15, 0.2) is 66.7 Å². The maximum Gasteiger partial charge on any atom is 0.229 e. The van der Waals surface area contributed by atoms with Crippen LogP contribution in [0.1, 0.15) is 43.9 Å². The molecule has 0 radical (unpaired) electrons. The molecule has 1 N–H and O–H groups in total. The van der Waals surface area contributed by atoms with Gasteiger partial charge in [0.1, 0.15) is 11.5 Å². The van der Waals surface area contributed by atoms with Crippen molar-refractivity contribution in [1.29, 1.82) is 0 Å². The Morgan fingerprint density at radius 3 is 2.03 bits per heavy atom. The molecular formula is C29H32N2O3. The predicted octanol–water partition coefficient (Wildman–Crippen LogP) is 6.38. The molecule has 3 aromatic carbocycles. The number of ether oxygens (including phenoxy) is 1. The molecule has 0 bridgehead atoms. The number of rotatable bonds is 5. The summed E-state index contributed by atoms with van der Waals surface area (Å²) in [5.41, 5.74) is 5.08. The van der Waals surface area contributed by atoms with Crippen LogP contribution in [0.3, 0.4) is 0 Å². The summed E-state index contributed by atoms with van der Waals surface area (Å²) in [6.07, 6.45) is 0.213. The molecule has 1 heterocycles. The third-order valence-corrected chi connectivity index (χ3v) is 6.09. The summed E-state index contributed by atoms with van der Waals surface area (Å²) < 4.78 is 5.94. The first-order valence-corrected chi connectivity index (χ1v) is 11.7. The van der Waals surface area contributed by atoms with Gasteiger partial charge < -0.3 is 15.0 Å². The molecule has 1 fully saturated rings. The van der Waals surface area contributed by atoms with Crippen molar-refractivity contribution in [3.05, 3.63) is 83.4 Å². The van der Waals surface area contributed by atoms with Gasteiger partial charge in [-0.1, -0.05) is 39.0 Å². The maximum absolute atomic E-state index is 12.8. The van der Waals surface area contributed by atoms with Gasteiger partial charge in [0.05, 0.1) is 5.92 Å². The van der Waals surface area contributed by atoms with Crippen molar-refractivity contribution in [2.45, 2.75) is 46.5 Å². The molecule has 5 heteroatoms. The van der Waals surface area contributed by atoms with E-state index in [2.05, 4.69) is 44.3 Å². The summed E-state index contributed by atoms with van der Waals surface area (Å²) in [6, 6.07) is 21.4. The Hall–Kier alpha value is -3.60. The second-order valence-electron chi connectivity index (χ2n) is 10.1. The van der Waals surface area contributed by atoms with Crippen LogP contribution in [-0.2, 0) is 15.0 Å². The Morgan fingerprint density at radius 1 is 0.912 bits per heavy atom. The molecule has 1 aliphatic rings. The number of nitrogens with zero attached hydrogens (tertiary/aromatic N) is 1. The fourth-order valence-electron chi connectivity index (χ4n) is 4.25. The zero-order valence-electron chi connectivity index (χ0n) is 20.5. The van der Waals surface area contributed by atoms with E-state index in [1.54, 1.807) is 4.90 Å². The quantitative estimate of drug-likeness (QED) is 0.484. The molecule has 1 saturated heterocycles. The van der Waals surface area contributed by atoms with Crippen molar-refractivity contribution in [2.75, 3.05) is 16.8 Å². The van der Waals surface area contributed by atoms with E-state index >= 15 is 0 Å². The number of nitrogens with one attached hydrogen (secondary N) is 1. The summed E-state index contributed by atoms with van der Waals surface area (Å²) in [5, 5.41) is 2.94. The number of hydrogen-bond donors (Lipinski definition) is 1. The summed E-state index contributed by atoms with van der Waals surface area (Å²) in [7, 11) is 0. The van der Waals surface area contributed by atoms with Crippen LogP contribution in [0.25, 0.3) is 0 Å². The van der Waals surface area contributed by atoms with Gasteiger partial charge in [-0.3, -0.25) is 9.59 Å². The van der Waals surface area contributed by atoms with Gasteiger partial charge in [-0.25, -0.2) is 0 Å². The predicted molar refractivity (Wildman–Crippen MR) is 137 cm³/mol. The van der Waals surface area contributed by atoms with Gasteiger partial charge in [0.25, 0.3) is 0 Å². The Labute approximate surface area is 201 Å². The highest BCUT2D eigenvalue weighted by Crippen LogP contribution is 2.29. The summed E-state index contributed by atoms with van der Waals surface area (Å²) in [5.74, 6) is 0.905. The summed E-state index contributed by atoms with van der Waals surface area (Å²) in [6.45, 7) is 10.9. The van der Waals surface area contributed by atoms with Crippen molar-refractivity contribution in [1.82, 2.24) is 0 Å². The molecule has 2 amide bonds. The Morgan fingerprint density at radius 2 is 1.47 bits per heavy atom. The van der Waals surface area contributed by atoms with Crippen LogP contribution < -0.4 is 15.0 Å². The van der Waals surface area contributed by atoms with E-state index in [9.17, 15) is 9.59 Å². The number of benzene rings is 3. The van der Waals surface area contributed by atoms with Gasteiger partial charge in [0, 0.05) is 24.3 Å².